The van der Waals surface area contributed by atoms with Crippen molar-refractivity contribution < 1.29 is 19.5 Å². The van der Waals surface area contributed by atoms with E-state index >= 15 is 0 Å². The third kappa shape index (κ3) is 5.57. The van der Waals surface area contributed by atoms with Gasteiger partial charge in [0.1, 0.15) is 6.04 Å². The first-order valence-corrected chi connectivity index (χ1v) is 10.3. The van der Waals surface area contributed by atoms with Crippen molar-refractivity contribution in [2.75, 3.05) is 13.1 Å². The van der Waals surface area contributed by atoms with Gasteiger partial charge in [0.05, 0.1) is 15.6 Å². The van der Waals surface area contributed by atoms with E-state index in [0.717, 1.165) is 16.7 Å². The van der Waals surface area contributed by atoms with Gasteiger partial charge in [-0.05, 0) is 35.3 Å². The zero-order valence-electron chi connectivity index (χ0n) is 16.5. The summed E-state index contributed by atoms with van der Waals surface area (Å²) in [5, 5.41) is 12.3. The number of carbonyl (C=O) groups is 3. The topological polar surface area (TPSA) is 113 Å². The van der Waals surface area contributed by atoms with E-state index in [1.165, 1.54) is 12.1 Å². The minimum atomic E-state index is -1.16. The number of benzene rings is 2. The lowest BCUT2D eigenvalue weighted by Crippen LogP contribution is -2.42. The number of nitrogens with one attached hydrogen (secondary N) is 1. The number of carboxylic acids is 1. The second kappa shape index (κ2) is 9.85. The number of hydrogen-bond acceptors (Lipinski definition) is 3. The first-order valence-electron chi connectivity index (χ1n) is 9.56. The summed E-state index contributed by atoms with van der Waals surface area (Å²) in [5.41, 5.74) is 8.18. The van der Waals surface area contributed by atoms with Gasteiger partial charge in [0.2, 0.25) is 0 Å². The number of nitrogens with zero attached hydrogens (tertiary/aromatic N) is 1. The van der Waals surface area contributed by atoms with Gasteiger partial charge in [-0.2, -0.15) is 0 Å². The molecule has 0 radical (unpaired) electrons. The number of hydrogen-bond donors (Lipinski definition) is 3. The van der Waals surface area contributed by atoms with Crippen LogP contribution in [0.1, 0.15) is 27.9 Å². The molecule has 31 heavy (non-hydrogen) atoms. The molecular weight excluding hydrogens is 441 g/mol. The Hall–Kier alpha value is -3.03. The Balaban J connectivity index is 1.69. The number of carboxylic acid groups (broad SMARTS) is 1. The fourth-order valence-corrected chi connectivity index (χ4v) is 3.94. The lowest BCUT2D eigenvalue weighted by atomic mass is 9.97. The zero-order valence-corrected chi connectivity index (χ0v) is 18.0. The third-order valence-corrected chi connectivity index (χ3v) is 5.71. The molecule has 7 nitrogen and oxygen atoms in total. The Morgan fingerprint density at radius 2 is 1.74 bits per heavy atom. The second-order valence-corrected chi connectivity index (χ2v) is 7.94. The van der Waals surface area contributed by atoms with Crippen molar-refractivity contribution in [3.8, 4) is 0 Å². The van der Waals surface area contributed by atoms with Gasteiger partial charge >= 0.3 is 12.0 Å². The van der Waals surface area contributed by atoms with Gasteiger partial charge in [0.25, 0.3) is 5.91 Å². The van der Waals surface area contributed by atoms with Gasteiger partial charge in [-0.1, -0.05) is 59.6 Å². The number of halogens is 2. The predicted octanol–water partition coefficient (Wildman–Crippen LogP) is 3.59. The van der Waals surface area contributed by atoms with Crippen LogP contribution in [0.5, 0.6) is 0 Å². The monoisotopic (exact) mass is 461 g/mol. The van der Waals surface area contributed by atoms with Crippen LogP contribution in [0.25, 0.3) is 5.57 Å². The molecular formula is C22H21Cl2N3O4. The first-order chi connectivity index (χ1) is 14.8. The highest BCUT2D eigenvalue weighted by Crippen LogP contribution is 2.25. The molecule has 0 spiro atoms. The Labute approximate surface area is 189 Å². The molecule has 0 aromatic heterocycles. The van der Waals surface area contributed by atoms with Crippen LogP contribution in [0.15, 0.2) is 48.5 Å². The number of primary amides is 1. The fraction of sp³-hybridized carbons (Fsp3) is 0.227. The summed E-state index contributed by atoms with van der Waals surface area (Å²) in [4.78, 5) is 37.0. The van der Waals surface area contributed by atoms with Gasteiger partial charge in [-0.25, -0.2) is 9.59 Å². The lowest BCUT2D eigenvalue weighted by molar-refractivity contribution is -0.139. The fourth-order valence-electron chi connectivity index (χ4n) is 3.37. The second-order valence-electron chi connectivity index (χ2n) is 7.13. The van der Waals surface area contributed by atoms with E-state index in [-0.39, 0.29) is 22.0 Å². The van der Waals surface area contributed by atoms with E-state index in [4.69, 9.17) is 28.9 Å². The van der Waals surface area contributed by atoms with Crippen LogP contribution >= 0.6 is 23.2 Å². The summed E-state index contributed by atoms with van der Waals surface area (Å²) in [6.07, 6.45) is 2.74. The summed E-state index contributed by atoms with van der Waals surface area (Å²) in [7, 11) is 0. The maximum absolute atomic E-state index is 12.5. The zero-order chi connectivity index (χ0) is 22.5. The van der Waals surface area contributed by atoms with E-state index in [9.17, 15) is 19.5 Å². The summed E-state index contributed by atoms with van der Waals surface area (Å²) in [5.74, 6) is -1.81. The molecule has 1 atom stereocenters. The van der Waals surface area contributed by atoms with Crippen molar-refractivity contribution >= 4 is 46.7 Å². The minimum Gasteiger partial charge on any atom is -0.480 e. The predicted molar refractivity (Wildman–Crippen MR) is 119 cm³/mol. The summed E-state index contributed by atoms with van der Waals surface area (Å²) < 4.78 is 0. The van der Waals surface area contributed by atoms with Crippen LogP contribution in [0.3, 0.4) is 0 Å². The van der Waals surface area contributed by atoms with Gasteiger partial charge in [-0.3, -0.25) is 4.79 Å². The SMILES string of the molecule is NC(=O)N1CC=C(c2ccc(C[C@H](NC(=O)c3c(Cl)cccc3Cl)C(=O)O)cc2)CC1. The van der Waals surface area contributed by atoms with E-state index in [1.54, 1.807) is 11.0 Å². The van der Waals surface area contributed by atoms with Crippen LogP contribution in [-0.2, 0) is 11.2 Å². The van der Waals surface area contributed by atoms with Crippen LogP contribution < -0.4 is 11.1 Å². The Morgan fingerprint density at radius 1 is 1.10 bits per heavy atom. The van der Waals surface area contributed by atoms with E-state index in [2.05, 4.69) is 5.32 Å². The van der Waals surface area contributed by atoms with Crippen molar-refractivity contribution in [1.82, 2.24) is 10.2 Å². The molecule has 1 heterocycles. The van der Waals surface area contributed by atoms with E-state index < -0.39 is 23.9 Å². The molecule has 3 amide bonds. The van der Waals surface area contributed by atoms with Crippen LogP contribution in [0.2, 0.25) is 10.0 Å². The summed E-state index contributed by atoms with van der Waals surface area (Å²) in [6, 6.07) is 10.5. The summed E-state index contributed by atoms with van der Waals surface area (Å²) >= 11 is 12.1. The first kappa shape index (κ1) is 22.7. The molecule has 0 saturated carbocycles. The highest BCUT2D eigenvalue weighted by atomic mass is 35.5. The van der Waals surface area contributed by atoms with Gasteiger partial charge < -0.3 is 21.1 Å². The highest BCUT2D eigenvalue weighted by molar-refractivity contribution is 6.39. The standard InChI is InChI=1S/C22H21Cl2N3O4/c23-16-2-1-3-17(24)19(16)20(28)26-18(21(29)30)12-13-4-6-14(7-5-13)15-8-10-27(11-9-15)22(25)31/h1-8,18H,9-12H2,(H2,25,31)(H,26,28)(H,29,30)/t18-/m0/s1. The molecule has 0 aliphatic carbocycles. The Kier molecular flexibility index (Phi) is 7.20. The smallest absolute Gasteiger partial charge is 0.326 e. The maximum Gasteiger partial charge on any atom is 0.326 e. The number of aliphatic carboxylic acids is 1. The molecule has 4 N–H and O–H groups in total. The third-order valence-electron chi connectivity index (χ3n) is 5.08. The molecule has 1 aliphatic heterocycles. The molecule has 2 aromatic rings. The lowest BCUT2D eigenvalue weighted by Gasteiger charge is -2.25. The van der Waals surface area contributed by atoms with Crippen molar-refractivity contribution in [3.05, 3.63) is 75.3 Å². The van der Waals surface area contributed by atoms with Gasteiger partial charge in [0.15, 0.2) is 0 Å². The maximum atomic E-state index is 12.5. The number of amides is 3. The normalized spacial score (nSPS) is 14.5. The molecule has 0 unspecified atom stereocenters. The summed E-state index contributed by atoms with van der Waals surface area (Å²) in [6.45, 7) is 1.02. The van der Waals surface area contributed by atoms with Crippen molar-refractivity contribution in [1.29, 1.82) is 0 Å². The largest absolute Gasteiger partial charge is 0.480 e. The number of rotatable bonds is 6. The van der Waals surface area contributed by atoms with Gasteiger partial charge in [0, 0.05) is 19.5 Å². The molecule has 3 rings (SSSR count). The number of carbonyl (C=O) groups excluding carboxylic acids is 2. The molecule has 0 saturated heterocycles. The number of urea groups is 1. The molecule has 0 fully saturated rings. The van der Waals surface area contributed by atoms with Crippen LogP contribution in [0.4, 0.5) is 4.79 Å². The average molecular weight is 462 g/mol. The molecule has 2 aromatic carbocycles. The van der Waals surface area contributed by atoms with E-state index in [1.807, 2.05) is 30.3 Å². The van der Waals surface area contributed by atoms with Crippen LogP contribution in [-0.4, -0.2) is 47.0 Å². The quantitative estimate of drug-likeness (QED) is 0.609. The molecule has 1 aliphatic rings. The van der Waals surface area contributed by atoms with Crippen molar-refractivity contribution in [3.63, 3.8) is 0 Å². The number of nitrogens with two attached hydrogens (primary N) is 1. The van der Waals surface area contributed by atoms with Gasteiger partial charge in [-0.15, -0.1) is 0 Å². The highest BCUT2D eigenvalue weighted by Gasteiger charge is 2.24. The minimum absolute atomic E-state index is 0.0432. The molecule has 9 heteroatoms. The average Bonchev–Trinajstić information content (AvgIpc) is 2.73. The molecule has 162 valence electrons. The Bertz CT molecular complexity index is 1020. The van der Waals surface area contributed by atoms with Crippen molar-refractivity contribution in [2.24, 2.45) is 5.73 Å². The van der Waals surface area contributed by atoms with E-state index in [0.29, 0.717) is 19.5 Å². The molecule has 0 bridgehead atoms. The van der Waals surface area contributed by atoms with Crippen molar-refractivity contribution in [2.45, 2.75) is 18.9 Å². The Morgan fingerprint density at radius 3 is 2.26 bits per heavy atom. The van der Waals surface area contributed by atoms with Crippen LogP contribution in [0, 0.1) is 0 Å².